The third-order valence-corrected chi connectivity index (χ3v) is 5.35. The van der Waals surface area contributed by atoms with Gasteiger partial charge in [0.05, 0.1) is 12.1 Å². The van der Waals surface area contributed by atoms with Crippen molar-refractivity contribution < 1.29 is 9.59 Å². The summed E-state index contributed by atoms with van der Waals surface area (Å²) >= 11 is 0. The van der Waals surface area contributed by atoms with E-state index in [1.165, 1.54) is 5.56 Å². The van der Waals surface area contributed by atoms with Gasteiger partial charge in [-0.05, 0) is 36.1 Å². The maximum Gasteiger partial charge on any atom is 0.262 e. The molecule has 146 valence electrons. The zero-order valence-corrected chi connectivity index (χ0v) is 16.5. The van der Waals surface area contributed by atoms with E-state index in [0.29, 0.717) is 36.9 Å². The van der Waals surface area contributed by atoms with Crippen LogP contribution in [0.3, 0.4) is 0 Å². The summed E-state index contributed by atoms with van der Waals surface area (Å²) in [6, 6.07) is 11.6. The fourth-order valence-corrected chi connectivity index (χ4v) is 4.03. The Morgan fingerprint density at radius 3 is 2.71 bits per heavy atom. The molecule has 2 amide bonds. The Morgan fingerprint density at radius 2 is 1.93 bits per heavy atom. The van der Waals surface area contributed by atoms with Gasteiger partial charge in [0.2, 0.25) is 5.91 Å². The van der Waals surface area contributed by atoms with Crippen molar-refractivity contribution in [1.82, 2.24) is 9.88 Å². The molecule has 1 saturated heterocycles. The second kappa shape index (κ2) is 7.62. The first kappa shape index (κ1) is 18.5. The molecule has 1 fully saturated rings. The van der Waals surface area contributed by atoms with Crippen LogP contribution < -0.4 is 9.80 Å². The monoisotopic (exact) mass is 378 g/mol. The molecule has 2 aliphatic rings. The number of fused-ring (bicyclic) bond motifs is 1. The standard InChI is InChI=1S/C22H26N4O2/c1-16(2)14-24-12-13-25(15-20(24)27)21-18(7-5-10-23-21)22(28)26-11-9-17-6-3-4-8-19(17)26/h3-8,10,16H,9,11-15H2,1-2H3. The number of para-hydroxylation sites is 1. The molecule has 2 aromatic rings. The van der Waals surface area contributed by atoms with Gasteiger partial charge in [-0.3, -0.25) is 9.59 Å². The summed E-state index contributed by atoms with van der Waals surface area (Å²) in [5.41, 5.74) is 2.73. The summed E-state index contributed by atoms with van der Waals surface area (Å²) in [6.07, 6.45) is 2.55. The molecule has 28 heavy (non-hydrogen) atoms. The van der Waals surface area contributed by atoms with E-state index in [4.69, 9.17) is 0 Å². The maximum atomic E-state index is 13.3. The number of benzene rings is 1. The SMILES string of the molecule is CC(C)CN1CCN(c2ncccc2C(=O)N2CCc3ccccc32)CC1=O. The molecular weight excluding hydrogens is 352 g/mol. The summed E-state index contributed by atoms with van der Waals surface area (Å²) < 4.78 is 0. The highest BCUT2D eigenvalue weighted by molar-refractivity contribution is 6.10. The summed E-state index contributed by atoms with van der Waals surface area (Å²) in [4.78, 5) is 36.1. The summed E-state index contributed by atoms with van der Waals surface area (Å²) in [5, 5.41) is 0. The van der Waals surface area contributed by atoms with Crippen molar-refractivity contribution >= 4 is 23.3 Å². The van der Waals surface area contributed by atoms with Crippen molar-refractivity contribution in [3.63, 3.8) is 0 Å². The molecule has 1 aromatic heterocycles. The van der Waals surface area contributed by atoms with Gasteiger partial charge in [0.15, 0.2) is 0 Å². The van der Waals surface area contributed by atoms with Crippen LogP contribution in [0.25, 0.3) is 0 Å². The number of hydrogen-bond acceptors (Lipinski definition) is 4. The fraction of sp³-hybridized carbons (Fsp3) is 0.409. The Hall–Kier alpha value is -2.89. The van der Waals surface area contributed by atoms with E-state index in [1.54, 1.807) is 12.3 Å². The second-order valence-corrected chi connectivity index (χ2v) is 7.87. The van der Waals surface area contributed by atoms with Gasteiger partial charge in [-0.15, -0.1) is 0 Å². The molecular formula is C22H26N4O2. The fourth-order valence-electron chi connectivity index (χ4n) is 4.03. The Labute approximate surface area is 165 Å². The third-order valence-electron chi connectivity index (χ3n) is 5.35. The summed E-state index contributed by atoms with van der Waals surface area (Å²) in [6.45, 7) is 7.28. The normalized spacial score (nSPS) is 16.7. The lowest BCUT2D eigenvalue weighted by molar-refractivity contribution is -0.131. The maximum absolute atomic E-state index is 13.3. The van der Waals surface area contributed by atoms with Gasteiger partial charge in [-0.25, -0.2) is 4.98 Å². The van der Waals surface area contributed by atoms with Crippen LogP contribution in [-0.2, 0) is 11.2 Å². The largest absolute Gasteiger partial charge is 0.345 e. The van der Waals surface area contributed by atoms with Crippen LogP contribution in [0.1, 0.15) is 29.8 Å². The van der Waals surface area contributed by atoms with Crippen LogP contribution in [0.4, 0.5) is 11.5 Å². The molecule has 3 heterocycles. The van der Waals surface area contributed by atoms with E-state index in [9.17, 15) is 9.59 Å². The number of aromatic nitrogens is 1. The Kier molecular flexibility index (Phi) is 5.03. The minimum absolute atomic E-state index is 0.0508. The van der Waals surface area contributed by atoms with Crippen LogP contribution in [0.5, 0.6) is 0 Å². The van der Waals surface area contributed by atoms with E-state index in [-0.39, 0.29) is 18.4 Å². The van der Waals surface area contributed by atoms with Crippen molar-refractivity contribution in [2.45, 2.75) is 20.3 Å². The highest BCUT2D eigenvalue weighted by atomic mass is 16.2. The Bertz CT molecular complexity index is 896. The zero-order chi connectivity index (χ0) is 19.7. The number of amides is 2. The van der Waals surface area contributed by atoms with Gasteiger partial charge in [-0.1, -0.05) is 32.0 Å². The summed E-state index contributed by atoms with van der Waals surface area (Å²) in [7, 11) is 0. The van der Waals surface area contributed by atoms with Crippen molar-refractivity contribution in [3.05, 3.63) is 53.7 Å². The predicted molar refractivity (Wildman–Crippen MR) is 110 cm³/mol. The van der Waals surface area contributed by atoms with Crippen LogP contribution in [0, 0.1) is 5.92 Å². The van der Waals surface area contributed by atoms with E-state index in [2.05, 4.69) is 24.9 Å². The van der Waals surface area contributed by atoms with E-state index in [1.807, 2.05) is 39.0 Å². The lowest BCUT2D eigenvalue weighted by Gasteiger charge is -2.36. The van der Waals surface area contributed by atoms with Gasteiger partial charge in [0, 0.05) is 38.1 Å². The number of nitrogens with zero attached hydrogens (tertiary/aromatic N) is 4. The minimum Gasteiger partial charge on any atom is -0.345 e. The van der Waals surface area contributed by atoms with Crippen molar-refractivity contribution in [2.75, 3.05) is 42.5 Å². The van der Waals surface area contributed by atoms with E-state index >= 15 is 0 Å². The molecule has 0 bridgehead atoms. The smallest absolute Gasteiger partial charge is 0.262 e. The number of pyridine rings is 1. The number of anilines is 2. The van der Waals surface area contributed by atoms with E-state index < -0.39 is 0 Å². The number of carbonyl (C=O) groups is 2. The van der Waals surface area contributed by atoms with Gasteiger partial charge in [0.1, 0.15) is 5.82 Å². The van der Waals surface area contributed by atoms with Crippen LogP contribution >= 0.6 is 0 Å². The average Bonchev–Trinajstić information content (AvgIpc) is 3.13. The number of hydrogen-bond donors (Lipinski definition) is 0. The number of rotatable bonds is 4. The van der Waals surface area contributed by atoms with E-state index in [0.717, 1.165) is 18.7 Å². The third kappa shape index (κ3) is 3.46. The molecule has 1 aromatic carbocycles. The first-order valence-corrected chi connectivity index (χ1v) is 9.92. The Balaban J connectivity index is 1.57. The first-order valence-electron chi connectivity index (χ1n) is 9.92. The van der Waals surface area contributed by atoms with Crippen molar-refractivity contribution in [3.8, 4) is 0 Å². The molecule has 4 rings (SSSR count). The quantitative estimate of drug-likeness (QED) is 0.821. The van der Waals surface area contributed by atoms with Crippen molar-refractivity contribution in [1.29, 1.82) is 0 Å². The molecule has 0 radical (unpaired) electrons. The van der Waals surface area contributed by atoms with Crippen LogP contribution in [0.15, 0.2) is 42.6 Å². The zero-order valence-electron chi connectivity index (χ0n) is 16.5. The molecule has 0 unspecified atom stereocenters. The van der Waals surface area contributed by atoms with Gasteiger partial charge >= 0.3 is 0 Å². The minimum atomic E-state index is -0.0508. The second-order valence-electron chi connectivity index (χ2n) is 7.87. The number of carbonyl (C=O) groups excluding carboxylic acids is 2. The molecule has 0 spiro atoms. The molecule has 2 aliphatic heterocycles. The molecule has 6 heteroatoms. The van der Waals surface area contributed by atoms with Gasteiger partial charge in [-0.2, -0.15) is 0 Å². The van der Waals surface area contributed by atoms with Crippen LogP contribution in [-0.4, -0.2) is 54.4 Å². The van der Waals surface area contributed by atoms with Crippen LogP contribution in [0.2, 0.25) is 0 Å². The average molecular weight is 378 g/mol. The highest BCUT2D eigenvalue weighted by Gasteiger charge is 2.31. The number of piperazine rings is 1. The van der Waals surface area contributed by atoms with Crippen molar-refractivity contribution in [2.24, 2.45) is 5.92 Å². The first-order chi connectivity index (χ1) is 13.5. The lowest BCUT2D eigenvalue weighted by atomic mass is 10.1. The topological polar surface area (TPSA) is 56.8 Å². The highest BCUT2D eigenvalue weighted by Crippen LogP contribution is 2.30. The lowest BCUT2D eigenvalue weighted by Crippen LogP contribution is -2.52. The molecule has 0 atom stereocenters. The molecule has 0 aliphatic carbocycles. The Morgan fingerprint density at radius 1 is 1.11 bits per heavy atom. The van der Waals surface area contributed by atoms with Gasteiger partial charge < -0.3 is 14.7 Å². The summed E-state index contributed by atoms with van der Waals surface area (Å²) in [5.74, 6) is 1.09. The predicted octanol–water partition coefficient (Wildman–Crippen LogP) is 2.59. The van der Waals surface area contributed by atoms with Gasteiger partial charge in [0.25, 0.3) is 5.91 Å². The molecule has 6 nitrogen and oxygen atoms in total. The molecule has 0 N–H and O–H groups in total. The molecule has 0 saturated carbocycles.